The molecule has 0 radical (unpaired) electrons. The van der Waals surface area contributed by atoms with Crippen molar-refractivity contribution in [1.82, 2.24) is 34.7 Å². The van der Waals surface area contributed by atoms with Crippen molar-refractivity contribution < 1.29 is 0 Å². The van der Waals surface area contributed by atoms with E-state index in [0.717, 1.165) is 18.7 Å². The lowest BCUT2D eigenvalue weighted by atomic mass is 10.2. The fourth-order valence-corrected chi connectivity index (χ4v) is 2.14. The monoisotopic (exact) mass is 283 g/mol. The highest BCUT2D eigenvalue weighted by Gasteiger charge is 2.12. The van der Waals surface area contributed by atoms with E-state index >= 15 is 0 Å². The van der Waals surface area contributed by atoms with Crippen LogP contribution >= 0.6 is 0 Å². The van der Waals surface area contributed by atoms with Crippen molar-refractivity contribution in [3.05, 3.63) is 31.1 Å². The van der Waals surface area contributed by atoms with Gasteiger partial charge in [-0.25, -0.2) is 19.9 Å². The summed E-state index contributed by atoms with van der Waals surface area (Å²) in [5.74, 6) is 1.27. The summed E-state index contributed by atoms with van der Waals surface area (Å²) in [6.45, 7) is 3.13. The summed E-state index contributed by atoms with van der Waals surface area (Å²) in [4.78, 5) is 16.7. The van der Waals surface area contributed by atoms with Gasteiger partial charge in [0.2, 0.25) is 0 Å². The number of imidazole rings is 1. The Balaban J connectivity index is 1.82. The minimum atomic E-state index is 0.564. The number of rotatable bonds is 6. The van der Waals surface area contributed by atoms with Crippen molar-refractivity contribution in [2.24, 2.45) is 0 Å². The van der Waals surface area contributed by atoms with Gasteiger partial charge in [0.05, 0.1) is 12.5 Å². The predicted molar refractivity (Wildman–Crippen MR) is 78.2 cm³/mol. The molecule has 1 N–H and O–H groups in total. The molecule has 0 spiro atoms. The lowest BCUT2D eigenvalue weighted by Gasteiger charge is -2.04. The normalized spacial score (nSPS) is 10.9. The number of hydrogen-bond donors (Lipinski definition) is 1. The molecule has 0 aliphatic carbocycles. The average Bonchev–Trinajstić information content (AvgIpc) is 3.17. The average molecular weight is 283 g/mol. The molecule has 108 valence electrons. The molecule has 3 heterocycles. The molecular formula is C14H17N7. The van der Waals surface area contributed by atoms with E-state index < -0.39 is 0 Å². The molecule has 0 unspecified atom stereocenters. The summed E-state index contributed by atoms with van der Waals surface area (Å²) in [5.41, 5.74) is 1.64. The van der Waals surface area contributed by atoms with E-state index in [1.807, 2.05) is 6.33 Å². The van der Waals surface area contributed by atoms with Crippen LogP contribution in [0, 0.1) is 0 Å². The number of hydrogen-bond acceptors (Lipinski definition) is 5. The summed E-state index contributed by atoms with van der Waals surface area (Å²) in [6.07, 6.45) is 10.3. The van der Waals surface area contributed by atoms with Crippen LogP contribution in [0.2, 0.25) is 0 Å². The van der Waals surface area contributed by atoms with Gasteiger partial charge in [0.25, 0.3) is 0 Å². The third-order valence-corrected chi connectivity index (χ3v) is 3.25. The van der Waals surface area contributed by atoms with Crippen LogP contribution in [-0.2, 0) is 6.54 Å². The van der Waals surface area contributed by atoms with Crippen molar-refractivity contribution in [3.8, 4) is 23.0 Å². The lowest BCUT2D eigenvalue weighted by molar-refractivity contribution is 0.604. The van der Waals surface area contributed by atoms with Gasteiger partial charge in [-0.15, -0.1) is 0 Å². The molecule has 0 aromatic carbocycles. The zero-order valence-electron chi connectivity index (χ0n) is 11.9. The third kappa shape index (κ3) is 2.96. The molecule has 3 aromatic rings. The van der Waals surface area contributed by atoms with Crippen LogP contribution in [0.5, 0.6) is 0 Å². The first-order valence-electron chi connectivity index (χ1n) is 7.07. The Hall–Kier alpha value is -2.57. The molecule has 7 nitrogen and oxygen atoms in total. The number of aryl methyl sites for hydroxylation is 1. The van der Waals surface area contributed by atoms with E-state index in [-0.39, 0.29) is 0 Å². The summed E-state index contributed by atoms with van der Waals surface area (Å²) < 4.78 is 2.10. The van der Waals surface area contributed by atoms with Crippen LogP contribution in [0.3, 0.4) is 0 Å². The maximum absolute atomic E-state index is 4.49. The molecule has 0 atom stereocenters. The number of H-pyrrole nitrogens is 1. The second-order valence-electron chi connectivity index (χ2n) is 4.78. The van der Waals surface area contributed by atoms with Gasteiger partial charge in [0.1, 0.15) is 17.7 Å². The fourth-order valence-electron chi connectivity index (χ4n) is 2.14. The van der Waals surface area contributed by atoms with Crippen LogP contribution in [0.15, 0.2) is 31.1 Å². The zero-order chi connectivity index (χ0) is 14.5. The van der Waals surface area contributed by atoms with Gasteiger partial charge < -0.3 is 4.57 Å². The van der Waals surface area contributed by atoms with E-state index in [0.29, 0.717) is 17.3 Å². The number of nitrogens with one attached hydrogen (secondary N) is 1. The molecule has 3 aromatic heterocycles. The quantitative estimate of drug-likeness (QED) is 0.702. The SMILES string of the molecule is CCCCCn1cncc1-c1nc(-c2ccncn2)n[nH]1. The van der Waals surface area contributed by atoms with Gasteiger partial charge in [-0.1, -0.05) is 19.8 Å². The van der Waals surface area contributed by atoms with Crippen molar-refractivity contribution in [3.63, 3.8) is 0 Å². The summed E-state index contributed by atoms with van der Waals surface area (Å²) >= 11 is 0. The first kappa shape index (κ1) is 13.4. The second-order valence-corrected chi connectivity index (χ2v) is 4.78. The molecule has 0 fully saturated rings. The molecular weight excluding hydrogens is 266 g/mol. The fraction of sp³-hybridized carbons (Fsp3) is 0.357. The first-order chi connectivity index (χ1) is 10.4. The van der Waals surface area contributed by atoms with Crippen molar-refractivity contribution >= 4 is 0 Å². The highest BCUT2D eigenvalue weighted by molar-refractivity contribution is 5.55. The van der Waals surface area contributed by atoms with Gasteiger partial charge in [0, 0.05) is 12.7 Å². The third-order valence-electron chi connectivity index (χ3n) is 3.25. The minimum Gasteiger partial charge on any atom is -0.328 e. The lowest BCUT2D eigenvalue weighted by Crippen LogP contribution is -1.99. The Kier molecular flexibility index (Phi) is 3.99. The van der Waals surface area contributed by atoms with E-state index in [1.165, 1.54) is 19.2 Å². The van der Waals surface area contributed by atoms with Crippen LogP contribution in [-0.4, -0.2) is 34.7 Å². The molecule has 0 amide bonds. The Labute approximate surface area is 122 Å². The Morgan fingerprint density at radius 3 is 3.00 bits per heavy atom. The van der Waals surface area contributed by atoms with Gasteiger partial charge in [-0.2, -0.15) is 5.10 Å². The number of nitrogens with zero attached hydrogens (tertiary/aromatic N) is 6. The summed E-state index contributed by atoms with van der Waals surface area (Å²) in [5, 5.41) is 7.17. The van der Waals surface area contributed by atoms with Crippen LogP contribution in [0.4, 0.5) is 0 Å². The standard InChI is InChI=1S/C14H17N7/c1-2-3-4-7-21-10-16-8-12(21)14-18-13(19-20-14)11-5-6-15-9-17-11/h5-6,8-10H,2-4,7H2,1H3,(H,18,19,20). The smallest absolute Gasteiger partial charge is 0.200 e. The van der Waals surface area contributed by atoms with E-state index in [1.54, 1.807) is 18.5 Å². The van der Waals surface area contributed by atoms with Gasteiger partial charge in [0.15, 0.2) is 11.6 Å². The highest BCUT2D eigenvalue weighted by Crippen LogP contribution is 2.18. The number of aromatic amines is 1. The van der Waals surface area contributed by atoms with Crippen molar-refractivity contribution in [2.45, 2.75) is 32.7 Å². The number of aromatic nitrogens is 7. The minimum absolute atomic E-state index is 0.564. The molecule has 0 aliphatic rings. The first-order valence-corrected chi connectivity index (χ1v) is 7.07. The summed E-state index contributed by atoms with van der Waals surface area (Å²) in [6, 6.07) is 1.78. The van der Waals surface area contributed by atoms with Crippen LogP contribution in [0.1, 0.15) is 26.2 Å². The predicted octanol–water partition coefficient (Wildman–Crippen LogP) is 2.32. The molecule has 0 saturated carbocycles. The molecule has 0 saturated heterocycles. The second kappa shape index (κ2) is 6.25. The molecule has 21 heavy (non-hydrogen) atoms. The zero-order valence-corrected chi connectivity index (χ0v) is 11.9. The Morgan fingerprint density at radius 2 is 2.19 bits per heavy atom. The van der Waals surface area contributed by atoms with Crippen LogP contribution in [0.25, 0.3) is 23.0 Å². The largest absolute Gasteiger partial charge is 0.328 e. The van der Waals surface area contributed by atoms with Crippen molar-refractivity contribution in [2.75, 3.05) is 0 Å². The van der Waals surface area contributed by atoms with Gasteiger partial charge in [-0.05, 0) is 12.5 Å². The van der Waals surface area contributed by atoms with Gasteiger partial charge in [-0.3, -0.25) is 5.10 Å². The molecule has 7 heteroatoms. The van der Waals surface area contributed by atoms with Gasteiger partial charge >= 0.3 is 0 Å². The Bertz CT molecular complexity index is 686. The number of unbranched alkanes of at least 4 members (excludes halogenated alkanes) is 2. The maximum Gasteiger partial charge on any atom is 0.200 e. The van der Waals surface area contributed by atoms with Crippen molar-refractivity contribution in [1.29, 1.82) is 0 Å². The van der Waals surface area contributed by atoms with E-state index in [2.05, 4.69) is 41.6 Å². The van der Waals surface area contributed by atoms with Crippen LogP contribution < -0.4 is 0 Å². The summed E-state index contributed by atoms with van der Waals surface area (Å²) in [7, 11) is 0. The topological polar surface area (TPSA) is 85.2 Å². The maximum atomic E-state index is 4.49. The molecule has 0 bridgehead atoms. The van der Waals surface area contributed by atoms with E-state index in [4.69, 9.17) is 0 Å². The highest BCUT2D eigenvalue weighted by atomic mass is 15.2. The molecule has 0 aliphatic heterocycles. The molecule has 3 rings (SSSR count). The van der Waals surface area contributed by atoms with E-state index in [9.17, 15) is 0 Å². The Morgan fingerprint density at radius 1 is 1.24 bits per heavy atom.